The Morgan fingerprint density at radius 3 is 2.30 bits per heavy atom. The first-order valence-electron chi connectivity index (χ1n) is 13.9. The molecule has 0 saturated carbocycles. The molecule has 230 valence electrons. The van der Waals surface area contributed by atoms with Gasteiger partial charge in [0.05, 0.1) is 25.7 Å². The van der Waals surface area contributed by atoms with Gasteiger partial charge in [-0.1, -0.05) is 23.3 Å². The van der Waals surface area contributed by atoms with Gasteiger partial charge in [0.25, 0.3) is 0 Å². The lowest BCUT2D eigenvalue weighted by atomic mass is 9.99. The van der Waals surface area contributed by atoms with E-state index in [1.54, 1.807) is 32.2 Å². The molecular weight excluding hydrogens is 560 g/mol. The monoisotopic (exact) mass is 596 g/mol. The maximum atomic E-state index is 13.1. The lowest BCUT2D eigenvalue weighted by molar-refractivity contribution is -0.299. The molecule has 5 atom stereocenters. The van der Waals surface area contributed by atoms with Crippen LogP contribution in [-0.4, -0.2) is 76.6 Å². The van der Waals surface area contributed by atoms with E-state index in [1.807, 2.05) is 19.9 Å². The Bertz CT molecular complexity index is 1760. The summed E-state index contributed by atoms with van der Waals surface area (Å²) >= 11 is 0. The molecule has 0 bridgehead atoms. The second kappa shape index (κ2) is 12.5. The predicted molar refractivity (Wildman–Crippen MR) is 158 cm³/mol. The quantitative estimate of drug-likeness (QED) is 0.142. The number of aliphatic hydroxyl groups is 4. The summed E-state index contributed by atoms with van der Waals surface area (Å²) in [5, 5.41) is 51.6. The SMILES string of the molecule is COc1cc2oc3c4cc(CC=C(C)COC5OC(CO)C(O)C(O)C5O)c(O)cc4oc(=O)c3c2cc1CC=C(C)C. The first-order valence-corrected chi connectivity index (χ1v) is 13.9. The van der Waals surface area contributed by atoms with E-state index in [-0.39, 0.29) is 24.4 Å². The number of fused-ring (bicyclic) bond motifs is 5. The normalized spacial score (nSPS) is 22.9. The second-order valence-electron chi connectivity index (χ2n) is 11.1. The molecule has 4 aromatic rings. The summed E-state index contributed by atoms with van der Waals surface area (Å²) in [5.41, 5.74) is 3.74. The van der Waals surface area contributed by atoms with Crippen LogP contribution < -0.4 is 10.4 Å². The largest absolute Gasteiger partial charge is 0.508 e. The Balaban J connectivity index is 1.44. The van der Waals surface area contributed by atoms with Crippen LogP contribution in [0.1, 0.15) is 31.9 Å². The van der Waals surface area contributed by atoms with Crippen molar-refractivity contribution in [2.75, 3.05) is 20.3 Å². The fourth-order valence-electron chi connectivity index (χ4n) is 5.18. The zero-order valence-corrected chi connectivity index (χ0v) is 24.4. The lowest BCUT2D eigenvalue weighted by Crippen LogP contribution is -2.59. The number of rotatable bonds is 9. The van der Waals surface area contributed by atoms with Crippen molar-refractivity contribution in [1.29, 1.82) is 0 Å². The number of methoxy groups -OCH3 is 1. The Hall–Kier alpha value is -3.71. The molecule has 11 heteroatoms. The molecule has 1 aliphatic heterocycles. The fraction of sp³-hybridized carbons (Fsp3) is 0.406. The summed E-state index contributed by atoms with van der Waals surface area (Å²) < 4.78 is 28.3. The molecule has 2 aromatic heterocycles. The van der Waals surface area contributed by atoms with E-state index >= 15 is 0 Å². The minimum Gasteiger partial charge on any atom is -0.508 e. The molecule has 43 heavy (non-hydrogen) atoms. The van der Waals surface area contributed by atoms with Gasteiger partial charge in [0.15, 0.2) is 11.9 Å². The number of allylic oxidation sites excluding steroid dienone is 3. The van der Waals surface area contributed by atoms with Crippen molar-refractivity contribution in [3.05, 3.63) is 69.1 Å². The van der Waals surface area contributed by atoms with Crippen LogP contribution >= 0.6 is 0 Å². The highest BCUT2D eigenvalue weighted by molar-refractivity contribution is 6.13. The maximum Gasteiger partial charge on any atom is 0.348 e. The molecule has 0 spiro atoms. The molecule has 5 N–H and O–H groups in total. The Morgan fingerprint density at radius 2 is 1.60 bits per heavy atom. The molecule has 1 fully saturated rings. The number of phenolic OH excluding ortho intramolecular Hbond substituents is 1. The number of benzene rings is 2. The lowest BCUT2D eigenvalue weighted by Gasteiger charge is -2.39. The zero-order valence-electron chi connectivity index (χ0n) is 24.4. The third-order valence-electron chi connectivity index (χ3n) is 7.65. The van der Waals surface area contributed by atoms with Crippen LogP contribution in [-0.2, 0) is 22.3 Å². The zero-order chi connectivity index (χ0) is 31.0. The van der Waals surface area contributed by atoms with Crippen LogP contribution in [0, 0.1) is 0 Å². The van der Waals surface area contributed by atoms with Crippen LogP contribution in [0.3, 0.4) is 0 Å². The Kier molecular flexibility index (Phi) is 8.93. The molecule has 3 heterocycles. The van der Waals surface area contributed by atoms with E-state index < -0.39 is 42.9 Å². The number of furan rings is 1. The van der Waals surface area contributed by atoms with Gasteiger partial charge in [-0.15, -0.1) is 0 Å². The third-order valence-corrected chi connectivity index (χ3v) is 7.65. The van der Waals surface area contributed by atoms with Crippen molar-refractivity contribution in [3.8, 4) is 11.5 Å². The molecule has 0 aliphatic carbocycles. The van der Waals surface area contributed by atoms with Gasteiger partial charge in [0, 0.05) is 17.5 Å². The van der Waals surface area contributed by atoms with E-state index in [4.69, 9.17) is 23.0 Å². The highest BCUT2D eigenvalue weighted by atomic mass is 16.7. The van der Waals surface area contributed by atoms with Gasteiger partial charge in [-0.2, -0.15) is 0 Å². The van der Waals surface area contributed by atoms with Crippen LogP contribution in [0.2, 0.25) is 0 Å². The van der Waals surface area contributed by atoms with Crippen molar-refractivity contribution >= 4 is 32.9 Å². The van der Waals surface area contributed by atoms with Gasteiger partial charge >= 0.3 is 5.63 Å². The summed E-state index contributed by atoms with van der Waals surface area (Å²) in [5.74, 6) is 0.568. The average Bonchev–Trinajstić information content (AvgIpc) is 3.36. The van der Waals surface area contributed by atoms with E-state index in [2.05, 4.69) is 6.08 Å². The number of aromatic hydroxyl groups is 1. The van der Waals surface area contributed by atoms with Gasteiger partial charge in [0.1, 0.15) is 52.5 Å². The van der Waals surface area contributed by atoms with Crippen molar-refractivity contribution in [2.45, 2.75) is 64.3 Å². The summed E-state index contributed by atoms with van der Waals surface area (Å²) in [6, 6.07) is 6.73. The second-order valence-corrected chi connectivity index (χ2v) is 11.1. The highest BCUT2D eigenvalue weighted by Crippen LogP contribution is 2.37. The minimum atomic E-state index is -1.53. The summed E-state index contributed by atoms with van der Waals surface area (Å²) in [7, 11) is 1.58. The number of aliphatic hydroxyl groups excluding tert-OH is 4. The van der Waals surface area contributed by atoms with E-state index in [1.165, 1.54) is 6.07 Å². The van der Waals surface area contributed by atoms with E-state index in [0.717, 1.165) is 16.7 Å². The number of phenols is 1. The molecule has 0 amide bonds. The first kappa shape index (κ1) is 30.7. The maximum absolute atomic E-state index is 13.1. The van der Waals surface area contributed by atoms with E-state index in [0.29, 0.717) is 45.1 Å². The van der Waals surface area contributed by atoms with Crippen molar-refractivity contribution < 1.29 is 48.6 Å². The predicted octanol–water partition coefficient (Wildman–Crippen LogP) is 3.22. The van der Waals surface area contributed by atoms with Crippen LogP contribution in [0.15, 0.2) is 61.2 Å². The first-order chi connectivity index (χ1) is 20.5. The minimum absolute atomic E-state index is 0.0106. The molecular formula is C32H36O11. The summed E-state index contributed by atoms with van der Waals surface area (Å²) in [6.45, 7) is 5.26. The molecule has 2 aromatic carbocycles. The van der Waals surface area contributed by atoms with Gasteiger partial charge < -0.3 is 48.6 Å². The van der Waals surface area contributed by atoms with Crippen molar-refractivity contribution in [1.82, 2.24) is 0 Å². The van der Waals surface area contributed by atoms with Gasteiger partial charge in [-0.25, -0.2) is 4.79 Å². The fourth-order valence-corrected chi connectivity index (χ4v) is 5.18. The summed E-state index contributed by atoms with van der Waals surface area (Å²) in [6.07, 6.45) is -2.04. The van der Waals surface area contributed by atoms with Gasteiger partial charge in [-0.05, 0) is 56.9 Å². The van der Waals surface area contributed by atoms with Crippen LogP contribution in [0.25, 0.3) is 32.9 Å². The van der Waals surface area contributed by atoms with Crippen LogP contribution in [0.5, 0.6) is 11.5 Å². The number of hydrogen-bond donors (Lipinski definition) is 5. The molecule has 5 rings (SSSR count). The topological polar surface area (TPSA) is 172 Å². The summed E-state index contributed by atoms with van der Waals surface area (Å²) in [4.78, 5) is 13.1. The average molecular weight is 597 g/mol. The standard InChI is InChI=1S/C32H36O11/c1-15(2)5-7-18-10-19-24(12-22(18)39-4)41-30-20-9-17(21(34)11-23(20)42-31(38)26(19)30)8-6-16(3)14-40-32-29(37)28(36)27(35)25(13-33)43-32/h5-6,9-12,25,27-29,32-37H,7-8,13-14H2,1-4H3. The number of ether oxygens (including phenoxy) is 3. The highest BCUT2D eigenvalue weighted by Gasteiger charge is 2.44. The van der Waals surface area contributed by atoms with Crippen molar-refractivity contribution in [3.63, 3.8) is 0 Å². The molecule has 5 unspecified atom stereocenters. The molecule has 11 nitrogen and oxygen atoms in total. The Labute approximate surface area is 246 Å². The smallest absolute Gasteiger partial charge is 0.348 e. The van der Waals surface area contributed by atoms with Gasteiger partial charge in [0.2, 0.25) is 0 Å². The Morgan fingerprint density at radius 1 is 0.907 bits per heavy atom. The van der Waals surface area contributed by atoms with Crippen LogP contribution in [0.4, 0.5) is 0 Å². The third kappa shape index (κ3) is 6.05. The molecule has 1 saturated heterocycles. The van der Waals surface area contributed by atoms with E-state index in [9.17, 15) is 30.3 Å². The molecule has 0 radical (unpaired) electrons. The van der Waals surface area contributed by atoms with Crippen molar-refractivity contribution in [2.24, 2.45) is 0 Å². The number of hydrogen-bond acceptors (Lipinski definition) is 11. The molecule has 1 aliphatic rings. The van der Waals surface area contributed by atoms with Gasteiger partial charge in [-0.3, -0.25) is 0 Å².